The summed E-state index contributed by atoms with van der Waals surface area (Å²) in [5.41, 5.74) is -1.82. The highest BCUT2D eigenvalue weighted by Gasteiger charge is 2.53. The van der Waals surface area contributed by atoms with Gasteiger partial charge in [-0.1, -0.05) is 6.92 Å². The Kier molecular flexibility index (Phi) is 5.61. The van der Waals surface area contributed by atoms with E-state index < -0.39 is 23.2 Å². The van der Waals surface area contributed by atoms with Crippen molar-refractivity contribution < 1.29 is 19.4 Å². The van der Waals surface area contributed by atoms with E-state index in [0.717, 1.165) is 0 Å². The van der Waals surface area contributed by atoms with Gasteiger partial charge in [-0.2, -0.15) is 0 Å². The maximum Gasteiger partial charge on any atom is 0.411 e. The van der Waals surface area contributed by atoms with Crippen molar-refractivity contribution in [1.29, 1.82) is 0 Å². The van der Waals surface area contributed by atoms with Crippen LogP contribution in [0.5, 0.6) is 0 Å². The Bertz CT molecular complexity index is 392. The van der Waals surface area contributed by atoms with Gasteiger partial charge in [0.25, 0.3) is 0 Å². The van der Waals surface area contributed by atoms with Crippen molar-refractivity contribution >= 4 is 12.1 Å². The van der Waals surface area contributed by atoms with Crippen LogP contribution in [0.15, 0.2) is 0 Å². The molecule has 0 aromatic rings. The van der Waals surface area contributed by atoms with E-state index in [0.29, 0.717) is 32.5 Å². The second kappa shape index (κ2) is 6.64. The van der Waals surface area contributed by atoms with Crippen molar-refractivity contribution in [3.8, 4) is 0 Å². The molecule has 122 valence electrons. The molecular weight excluding hydrogens is 272 g/mol. The van der Waals surface area contributed by atoms with Crippen molar-refractivity contribution in [3.05, 3.63) is 0 Å². The summed E-state index contributed by atoms with van der Waals surface area (Å²) in [4.78, 5) is 25.9. The fourth-order valence-corrected chi connectivity index (χ4v) is 3.05. The van der Waals surface area contributed by atoms with Gasteiger partial charge in [0.2, 0.25) is 0 Å². The highest BCUT2D eigenvalue weighted by molar-refractivity contribution is 5.85. The molecule has 0 radical (unpaired) electrons. The topological polar surface area (TPSA) is 78.9 Å². The lowest BCUT2D eigenvalue weighted by Crippen LogP contribution is -2.66. The second-order valence-electron chi connectivity index (χ2n) is 6.51. The van der Waals surface area contributed by atoms with Crippen LogP contribution in [0.4, 0.5) is 4.79 Å². The number of likely N-dealkylation sites (N-methyl/N-ethyl adjacent to an activating group) is 1. The first kappa shape index (κ1) is 17.8. The molecule has 1 aliphatic rings. The van der Waals surface area contributed by atoms with Gasteiger partial charge in [-0.15, -0.1) is 0 Å². The maximum absolute atomic E-state index is 12.5. The number of amides is 1. The molecule has 0 aromatic carbocycles. The van der Waals surface area contributed by atoms with Gasteiger partial charge in [-0.05, 0) is 47.1 Å². The molecule has 0 bridgehead atoms. The average molecular weight is 300 g/mol. The van der Waals surface area contributed by atoms with Crippen molar-refractivity contribution in [2.75, 3.05) is 19.6 Å². The summed E-state index contributed by atoms with van der Waals surface area (Å²) < 4.78 is 5.42. The number of piperidine rings is 1. The van der Waals surface area contributed by atoms with Gasteiger partial charge in [0, 0.05) is 19.0 Å². The number of aliphatic carboxylic acids is 1. The molecule has 2 N–H and O–H groups in total. The van der Waals surface area contributed by atoms with Gasteiger partial charge in [-0.3, -0.25) is 4.90 Å². The third kappa shape index (κ3) is 3.67. The molecule has 0 spiro atoms. The Labute approximate surface area is 126 Å². The Morgan fingerprint density at radius 3 is 2.43 bits per heavy atom. The maximum atomic E-state index is 12.5. The summed E-state index contributed by atoms with van der Waals surface area (Å²) >= 11 is 0. The Hall–Kier alpha value is -1.30. The molecule has 0 saturated carbocycles. The molecule has 1 saturated heterocycles. The first-order valence-electron chi connectivity index (χ1n) is 7.63. The molecule has 0 aliphatic carbocycles. The zero-order chi connectivity index (χ0) is 16.3. The lowest BCUT2D eigenvalue weighted by atomic mass is 9.75. The van der Waals surface area contributed by atoms with E-state index in [9.17, 15) is 14.7 Å². The summed E-state index contributed by atoms with van der Waals surface area (Å²) in [6, 6.07) is 0. The van der Waals surface area contributed by atoms with Crippen molar-refractivity contribution in [2.24, 2.45) is 5.92 Å². The van der Waals surface area contributed by atoms with Gasteiger partial charge in [0.1, 0.15) is 11.1 Å². The highest BCUT2D eigenvalue weighted by Crippen LogP contribution is 2.35. The van der Waals surface area contributed by atoms with Crippen LogP contribution in [-0.2, 0) is 9.53 Å². The SMILES string of the molecule is CCC1CNCCC1(C(=O)O)N(CC)C(=O)OC(C)(C)C. The molecule has 1 fully saturated rings. The van der Waals surface area contributed by atoms with Gasteiger partial charge in [-0.25, -0.2) is 9.59 Å². The van der Waals surface area contributed by atoms with Crippen LogP contribution in [-0.4, -0.2) is 52.8 Å². The van der Waals surface area contributed by atoms with Crippen molar-refractivity contribution in [3.63, 3.8) is 0 Å². The summed E-state index contributed by atoms with van der Waals surface area (Å²) in [5.74, 6) is -1.07. The van der Waals surface area contributed by atoms with Gasteiger partial charge in [0.05, 0.1) is 0 Å². The van der Waals surface area contributed by atoms with Gasteiger partial charge in [0.15, 0.2) is 0 Å². The molecule has 6 heteroatoms. The third-order valence-electron chi connectivity index (χ3n) is 4.02. The number of nitrogens with one attached hydrogen (secondary N) is 1. The van der Waals surface area contributed by atoms with E-state index in [-0.39, 0.29) is 5.92 Å². The van der Waals surface area contributed by atoms with E-state index in [1.807, 2.05) is 6.92 Å². The fourth-order valence-electron chi connectivity index (χ4n) is 3.05. The van der Waals surface area contributed by atoms with E-state index in [1.54, 1.807) is 27.7 Å². The highest BCUT2D eigenvalue weighted by atomic mass is 16.6. The van der Waals surface area contributed by atoms with E-state index >= 15 is 0 Å². The quantitative estimate of drug-likeness (QED) is 0.831. The monoisotopic (exact) mass is 300 g/mol. The first-order valence-corrected chi connectivity index (χ1v) is 7.63. The van der Waals surface area contributed by atoms with Crippen LogP contribution in [0.3, 0.4) is 0 Å². The molecule has 1 rings (SSSR count). The predicted octanol–water partition coefficient (Wildman–Crippen LogP) is 2.09. The third-order valence-corrected chi connectivity index (χ3v) is 4.02. The minimum absolute atomic E-state index is 0.129. The molecule has 2 unspecified atom stereocenters. The predicted molar refractivity (Wildman–Crippen MR) is 80.2 cm³/mol. The van der Waals surface area contributed by atoms with Crippen molar-refractivity contribution in [1.82, 2.24) is 10.2 Å². The number of carboxylic acid groups (broad SMARTS) is 1. The Balaban J connectivity index is 3.16. The lowest BCUT2D eigenvalue weighted by molar-refractivity contribution is -0.157. The zero-order valence-electron chi connectivity index (χ0n) is 13.7. The molecule has 1 heterocycles. The average Bonchev–Trinajstić information content (AvgIpc) is 2.37. The first-order chi connectivity index (χ1) is 9.69. The number of carbonyl (C=O) groups excluding carboxylic acids is 1. The number of hydrogen-bond acceptors (Lipinski definition) is 4. The normalized spacial score (nSPS) is 26.2. The molecular formula is C15H28N2O4. The molecule has 0 aromatic heterocycles. The van der Waals surface area contributed by atoms with Crippen LogP contribution in [0.25, 0.3) is 0 Å². The number of hydrogen-bond donors (Lipinski definition) is 2. The van der Waals surface area contributed by atoms with Crippen LogP contribution in [0, 0.1) is 5.92 Å². The van der Waals surface area contributed by atoms with Gasteiger partial charge >= 0.3 is 12.1 Å². The molecule has 6 nitrogen and oxygen atoms in total. The summed E-state index contributed by atoms with van der Waals surface area (Å²) in [6.45, 7) is 10.6. The van der Waals surface area contributed by atoms with E-state index in [4.69, 9.17) is 4.74 Å². The Morgan fingerprint density at radius 1 is 1.38 bits per heavy atom. The number of carboxylic acids is 1. The summed E-state index contributed by atoms with van der Waals surface area (Å²) in [6.07, 6.45) is 0.541. The standard InChI is InChI=1S/C15H28N2O4/c1-6-11-10-16-9-8-15(11,12(18)19)17(7-2)13(20)21-14(3,4)5/h11,16H,6-10H2,1-5H3,(H,18,19). The summed E-state index contributed by atoms with van der Waals surface area (Å²) in [7, 11) is 0. The minimum Gasteiger partial charge on any atom is -0.479 e. The van der Waals surface area contributed by atoms with Gasteiger partial charge < -0.3 is 15.2 Å². The Morgan fingerprint density at radius 2 is 2.00 bits per heavy atom. The van der Waals surface area contributed by atoms with Crippen LogP contribution in [0.1, 0.15) is 47.5 Å². The smallest absolute Gasteiger partial charge is 0.411 e. The van der Waals surface area contributed by atoms with E-state index in [2.05, 4.69) is 5.32 Å². The minimum atomic E-state index is -1.18. The van der Waals surface area contributed by atoms with Crippen LogP contribution < -0.4 is 5.32 Å². The number of ether oxygens (including phenoxy) is 1. The zero-order valence-corrected chi connectivity index (χ0v) is 13.7. The van der Waals surface area contributed by atoms with Crippen molar-refractivity contribution in [2.45, 2.75) is 58.6 Å². The molecule has 21 heavy (non-hydrogen) atoms. The fraction of sp³-hybridized carbons (Fsp3) is 0.867. The number of nitrogens with zero attached hydrogens (tertiary/aromatic N) is 1. The number of carbonyl (C=O) groups is 2. The lowest BCUT2D eigenvalue weighted by Gasteiger charge is -2.47. The van der Waals surface area contributed by atoms with Crippen LogP contribution >= 0.6 is 0 Å². The molecule has 2 atom stereocenters. The summed E-state index contributed by atoms with van der Waals surface area (Å²) in [5, 5.41) is 13.1. The largest absolute Gasteiger partial charge is 0.479 e. The number of rotatable bonds is 4. The molecule has 1 aliphatic heterocycles. The van der Waals surface area contributed by atoms with E-state index in [1.165, 1.54) is 4.90 Å². The second-order valence-corrected chi connectivity index (χ2v) is 6.51. The van der Waals surface area contributed by atoms with Crippen LogP contribution in [0.2, 0.25) is 0 Å². The molecule has 1 amide bonds.